The van der Waals surface area contributed by atoms with Gasteiger partial charge in [0.1, 0.15) is 5.01 Å². The van der Waals surface area contributed by atoms with Crippen molar-refractivity contribution in [2.75, 3.05) is 0 Å². The maximum atomic E-state index is 12.1. The SMILES string of the molecule is CC(NC1CC(=O)N(C2CC2)C1=O)c1nccs1. The smallest absolute Gasteiger partial charge is 0.247 e. The van der Waals surface area contributed by atoms with Crippen molar-refractivity contribution in [1.29, 1.82) is 0 Å². The molecule has 2 aliphatic rings. The van der Waals surface area contributed by atoms with Crippen LogP contribution in [0.25, 0.3) is 0 Å². The van der Waals surface area contributed by atoms with Gasteiger partial charge in [-0.15, -0.1) is 11.3 Å². The molecule has 3 rings (SSSR count). The molecule has 1 aromatic heterocycles. The van der Waals surface area contributed by atoms with E-state index in [1.165, 1.54) is 4.90 Å². The van der Waals surface area contributed by atoms with Gasteiger partial charge in [-0.1, -0.05) is 0 Å². The highest BCUT2D eigenvalue weighted by molar-refractivity contribution is 7.09. The van der Waals surface area contributed by atoms with E-state index in [-0.39, 0.29) is 36.4 Å². The van der Waals surface area contributed by atoms with Crippen molar-refractivity contribution in [1.82, 2.24) is 15.2 Å². The highest BCUT2D eigenvalue weighted by atomic mass is 32.1. The Bertz CT molecular complexity index is 470. The van der Waals surface area contributed by atoms with Crippen molar-refractivity contribution in [3.8, 4) is 0 Å². The van der Waals surface area contributed by atoms with Crippen molar-refractivity contribution in [3.05, 3.63) is 16.6 Å². The van der Waals surface area contributed by atoms with Crippen LogP contribution in [0, 0.1) is 0 Å². The molecule has 0 spiro atoms. The van der Waals surface area contributed by atoms with E-state index in [2.05, 4.69) is 10.3 Å². The summed E-state index contributed by atoms with van der Waals surface area (Å²) in [6.45, 7) is 1.97. The molecule has 2 atom stereocenters. The molecule has 2 heterocycles. The number of aromatic nitrogens is 1. The zero-order valence-electron chi connectivity index (χ0n) is 10.1. The lowest BCUT2D eigenvalue weighted by Gasteiger charge is -2.17. The van der Waals surface area contributed by atoms with Gasteiger partial charge < -0.3 is 0 Å². The zero-order chi connectivity index (χ0) is 12.7. The number of carbonyl (C=O) groups is 2. The third-order valence-corrected chi connectivity index (χ3v) is 4.33. The first-order valence-electron chi connectivity index (χ1n) is 6.18. The van der Waals surface area contributed by atoms with Gasteiger partial charge in [0.05, 0.1) is 18.5 Å². The van der Waals surface area contributed by atoms with E-state index >= 15 is 0 Å². The molecule has 1 saturated heterocycles. The molecule has 96 valence electrons. The molecule has 0 bridgehead atoms. The second-order valence-electron chi connectivity index (χ2n) is 4.85. The lowest BCUT2D eigenvalue weighted by atomic mass is 10.2. The van der Waals surface area contributed by atoms with Gasteiger partial charge in [-0.2, -0.15) is 0 Å². The fourth-order valence-corrected chi connectivity index (χ4v) is 2.97. The first kappa shape index (κ1) is 11.8. The number of carbonyl (C=O) groups excluding carboxylic acids is 2. The Kier molecular flexibility index (Phi) is 2.91. The summed E-state index contributed by atoms with van der Waals surface area (Å²) in [5.74, 6) is -0.0998. The van der Waals surface area contributed by atoms with Crippen LogP contribution in [-0.4, -0.2) is 33.8 Å². The van der Waals surface area contributed by atoms with E-state index in [9.17, 15) is 9.59 Å². The average Bonchev–Trinajstić information content (AvgIpc) is 2.91. The van der Waals surface area contributed by atoms with Crippen LogP contribution in [0.1, 0.15) is 37.2 Å². The molecule has 2 fully saturated rings. The maximum absolute atomic E-state index is 12.1. The van der Waals surface area contributed by atoms with Crippen molar-refractivity contribution in [2.24, 2.45) is 0 Å². The Balaban J connectivity index is 1.67. The summed E-state index contributed by atoms with van der Waals surface area (Å²) in [6, 6.07) is -0.199. The predicted octanol–water partition coefficient (Wildman–Crippen LogP) is 1.08. The lowest BCUT2D eigenvalue weighted by molar-refractivity contribution is -0.139. The molecule has 5 nitrogen and oxygen atoms in total. The van der Waals surface area contributed by atoms with Gasteiger partial charge >= 0.3 is 0 Å². The number of likely N-dealkylation sites (tertiary alicyclic amines) is 1. The van der Waals surface area contributed by atoms with Gasteiger partial charge in [0.25, 0.3) is 0 Å². The van der Waals surface area contributed by atoms with E-state index in [0.29, 0.717) is 0 Å². The van der Waals surface area contributed by atoms with Crippen LogP contribution in [-0.2, 0) is 9.59 Å². The molecular formula is C12H15N3O2S. The van der Waals surface area contributed by atoms with Crippen LogP contribution in [0.5, 0.6) is 0 Å². The number of hydrogen-bond acceptors (Lipinski definition) is 5. The molecule has 2 unspecified atom stereocenters. The summed E-state index contributed by atoms with van der Waals surface area (Å²) >= 11 is 1.55. The number of thiazole rings is 1. The molecule has 0 aromatic carbocycles. The second-order valence-corrected chi connectivity index (χ2v) is 5.77. The average molecular weight is 265 g/mol. The third kappa shape index (κ3) is 2.06. The van der Waals surface area contributed by atoms with Crippen LogP contribution >= 0.6 is 11.3 Å². The molecule has 2 amide bonds. The minimum absolute atomic E-state index is 0.00547. The monoisotopic (exact) mass is 265 g/mol. The molecule has 6 heteroatoms. The third-order valence-electron chi connectivity index (χ3n) is 3.37. The second kappa shape index (κ2) is 4.44. The maximum Gasteiger partial charge on any atom is 0.247 e. The highest BCUT2D eigenvalue weighted by Gasteiger charge is 2.46. The quantitative estimate of drug-likeness (QED) is 0.828. The number of hydrogen-bond donors (Lipinski definition) is 1. The van der Waals surface area contributed by atoms with Gasteiger partial charge in [-0.3, -0.25) is 19.8 Å². The van der Waals surface area contributed by atoms with Gasteiger partial charge in [0.15, 0.2) is 0 Å². The predicted molar refractivity (Wildman–Crippen MR) is 66.9 cm³/mol. The van der Waals surface area contributed by atoms with Crippen LogP contribution in [0.15, 0.2) is 11.6 Å². The summed E-state index contributed by atoms with van der Waals surface area (Å²) in [5.41, 5.74) is 0. The van der Waals surface area contributed by atoms with E-state index in [0.717, 1.165) is 17.8 Å². The highest BCUT2D eigenvalue weighted by Crippen LogP contribution is 2.32. The van der Waals surface area contributed by atoms with Crippen LogP contribution in [0.2, 0.25) is 0 Å². The number of nitrogens with one attached hydrogen (secondary N) is 1. The van der Waals surface area contributed by atoms with E-state index in [4.69, 9.17) is 0 Å². The molecular weight excluding hydrogens is 250 g/mol. The van der Waals surface area contributed by atoms with Crippen molar-refractivity contribution in [2.45, 2.75) is 44.3 Å². The molecule has 1 aliphatic heterocycles. The fourth-order valence-electron chi connectivity index (χ4n) is 2.32. The van der Waals surface area contributed by atoms with Gasteiger partial charge in [-0.05, 0) is 19.8 Å². The van der Waals surface area contributed by atoms with Crippen LogP contribution in [0.4, 0.5) is 0 Å². The topological polar surface area (TPSA) is 62.3 Å². The standard InChI is InChI=1S/C12H15N3O2S/c1-7(11-13-4-5-18-11)14-9-6-10(16)15(12(9)17)8-2-3-8/h4-5,7-9,14H,2-3,6H2,1H3. The minimum atomic E-state index is -0.378. The normalized spacial score (nSPS) is 25.8. The Morgan fingerprint density at radius 1 is 1.50 bits per heavy atom. The Hall–Kier alpha value is -1.27. The fraction of sp³-hybridized carbons (Fsp3) is 0.583. The van der Waals surface area contributed by atoms with Crippen molar-refractivity contribution in [3.63, 3.8) is 0 Å². The lowest BCUT2D eigenvalue weighted by Crippen LogP contribution is -2.40. The van der Waals surface area contributed by atoms with Crippen molar-refractivity contribution >= 4 is 23.2 Å². The number of amides is 2. The van der Waals surface area contributed by atoms with Crippen LogP contribution in [0.3, 0.4) is 0 Å². The Labute approximate surface area is 109 Å². The number of nitrogens with zero attached hydrogens (tertiary/aromatic N) is 2. The molecule has 1 N–H and O–H groups in total. The molecule has 1 aromatic rings. The molecule has 1 aliphatic carbocycles. The number of rotatable bonds is 4. The van der Waals surface area contributed by atoms with E-state index in [1.807, 2.05) is 12.3 Å². The molecule has 1 saturated carbocycles. The van der Waals surface area contributed by atoms with Gasteiger partial charge in [0.2, 0.25) is 11.8 Å². The molecule has 18 heavy (non-hydrogen) atoms. The van der Waals surface area contributed by atoms with Crippen LogP contribution < -0.4 is 5.32 Å². The summed E-state index contributed by atoms with van der Waals surface area (Å²) in [4.78, 5) is 29.6. The Morgan fingerprint density at radius 2 is 2.28 bits per heavy atom. The summed E-state index contributed by atoms with van der Waals surface area (Å²) in [6.07, 6.45) is 3.96. The van der Waals surface area contributed by atoms with E-state index < -0.39 is 0 Å². The largest absolute Gasteiger partial charge is 0.297 e. The zero-order valence-corrected chi connectivity index (χ0v) is 10.9. The Morgan fingerprint density at radius 3 is 2.89 bits per heavy atom. The molecule has 0 radical (unpaired) electrons. The minimum Gasteiger partial charge on any atom is -0.297 e. The summed E-state index contributed by atoms with van der Waals surface area (Å²) in [5, 5.41) is 6.06. The van der Waals surface area contributed by atoms with Crippen molar-refractivity contribution < 1.29 is 9.59 Å². The first-order valence-corrected chi connectivity index (χ1v) is 7.06. The summed E-state index contributed by atoms with van der Waals surface area (Å²) < 4.78 is 0. The first-order chi connectivity index (χ1) is 8.66. The summed E-state index contributed by atoms with van der Waals surface area (Å²) in [7, 11) is 0. The van der Waals surface area contributed by atoms with Gasteiger partial charge in [0, 0.05) is 17.6 Å². The number of imide groups is 1. The van der Waals surface area contributed by atoms with Gasteiger partial charge in [-0.25, -0.2) is 4.98 Å². The van der Waals surface area contributed by atoms with E-state index in [1.54, 1.807) is 17.5 Å².